The van der Waals surface area contributed by atoms with Gasteiger partial charge in [0.25, 0.3) is 0 Å². The molecule has 0 unspecified atom stereocenters. The number of fused-ring (bicyclic) bond motifs is 1. The van der Waals surface area contributed by atoms with E-state index in [4.69, 9.17) is 9.84 Å². The number of imidazole rings is 1. The molecule has 0 spiro atoms. The first-order valence-corrected chi connectivity index (χ1v) is 8.33. The highest BCUT2D eigenvalue weighted by Gasteiger charge is 2.17. The summed E-state index contributed by atoms with van der Waals surface area (Å²) in [4.78, 5) is 15.2. The molecule has 0 saturated heterocycles. The molecule has 9 heteroatoms. The first-order valence-electron chi connectivity index (χ1n) is 6.48. The molecule has 0 saturated carbocycles. The number of aromatic nitrogens is 3. The van der Waals surface area contributed by atoms with Crippen LogP contribution in [0.3, 0.4) is 0 Å². The molecule has 1 aromatic carbocycles. The molecular weight excluding hydrogens is 322 g/mol. The number of methoxy groups -OCH3 is 1. The van der Waals surface area contributed by atoms with Crippen LogP contribution in [0.2, 0.25) is 0 Å². The zero-order chi connectivity index (χ0) is 16.8. The maximum absolute atomic E-state index is 11.7. The maximum atomic E-state index is 11.7. The Labute approximate surface area is 131 Å². The van der Waals surface area contributed by atoms with Gasteiger partial charge in [-0.15, -0.1) is 0 Å². The summed E-state index contributed by atoms with van der Waals surface area (Å²) < 4.78 is 31.3. The molecule has 0 bridgehead atoms. The molecule has 8 nitrogen and oxygen atoms in total. The van der Waals surface area contributed by atoms with Gasteiger partial charge in [-0.2, -0.15) is 0 Å². The minimum atomic E-state index is -3.45. The fourth-order valence-electron chi connectivity index (χ4n) is 2.27. The Morgan fingerprint density at radius 2 is 2.04 bits per heavy atom. The van der Waals surface area contributed by atoms with Gasteiger partial charge in [-0.1, -0.05) is 0 Å². The Hall–Kier alpha value is -2.81. The highest BCUT2D eigenvalue weighted by molar-refractivity contribution is 7.89. The van der Waals surface area contributed by atoms with Gasteiger partial charge in [0, 0.05) is 6.20 Å². The van der Waals surface area contributed by atoms with Crippen molar-refractivity contribution in [3.63, 3.8) is 0 Å². The van der Waals surface area contributed by atoms with Gasteiger partial charge in [-0.3, -0.25) is 4.57 Å². The van der Waals surface area contributed by atoms with Crippen LogP contribution < -0.4 is 4.74 Å². The van der Waals surface area contributed by atoms with Crippen molar-refractivity contribution in [2.24, 2.45) is 0 Å². The van der Waals surface area contributed by atoms with Gasteiger partial charge in [-0.25, -0.2) is 22.2 Å². The third-order valence-electron chi connectivity index (χ3n) is 3.40. The number of ether oxygens (including phenoxy) is 1. The zero-order valence-corrected chi connectivity index (χ0v) is 13.1. The molecule has 0 fully saturated rings. The lowest BCUT2D eigenvalue weighted by Crippen LogP contribution is -2.07. The van der Waals surface area contributed by atoms with Crippen LogP contribution in [0.1, 0.15) is 10.4 Å². The highest BCUT2D eigenvalue weighted by Crippen LogP contribution is 2.28. The van der Waals surface area contributed by atoms with E-state index in [1.54, 1.807) is 10.6 Å². The summed E-state index contributed by atoms with van der Waals surface area (Å²) in [5, 5.41) is 9.02. The molecule has 2 heterocycles. The van der Waals surface area contributed by atoms with Crippen molar-refractivity contribution in [2.75, 3.05) is 13.4 Å². The van der Waals surface area contributed by atoms with E-state index in [-0.39, 0.29) is 5.56 Å². The maximum Gasteiger partial charge on any atom is 0.335 e. The van der Waals surface area contributed by atoms with E-state index in [1.807, 2.05) is 0 Å². The van der Waals surface area contributed by atoms with Crippen molar-refractivity contribution in [3.8, 4) is 11.4 Å². The van der Waals surface area contributed by atoms with E-state index >= 15 is 0 Å². The molecule has 0 aliphatic carbocycles. The normalized spacial score (nSPS) is 11.7. The summed E-state index contributed by atoms with van der Waals surface area (Å²) in [5.41, 5.74) is 1.74. The zero-order valence-electron chi connectivity index (χ0n) is 12.3. The fourth-order valence-corrected chi connectivity index (χ4v) is 2.85. The van der Waals surface area contributed by atoms with Crippen LogP contribution >= 0.6 is 0 Å². The number of benzene rings is 1. The van der Waals surface area contributed by atoms with Crippen molar-refractivity contribution in [2.45, 2.75) is 0 Å². The topological polar surface area (TPSA) is 103 Å². The number of rotatable bonds is 4. The number of carboxylic acid groups (broad SMARTS) is 1. The quantitative estimate of drug-likeness (QED) is 0.772. The molecule has 0 amide bonds. The number of nitrogens with zero attached hydrogens (tertiary/aromatic N) is 3. The van der Waals surface area contributed by atoms with E-state index < -0.39 is 16.0 Å². The van der Waals surface area contributed by atoms with E-state index in [0.29, 0.717) is 22.5 Å². The lowest BCUT2D eigenvalue weighted by atomic mass is 10.2. The molecule has 2 aromatic heterocycles. The van der Waals surface area contributed by atoms with Crippen molar-refractivity contribution in [3.05, 3.63) is 42.5 Å². The lowest BCUT2D eigenvalue weighted by Gasteiger charge is -2.04. The summed E-state index contributed by atoms with van der Waals surface area (Å²) in [6.07, 6.45) is 5.35. The monoisotopic (exact) mass is 335 g/mol. The van der Waals surface area contributed by atoms with Crippen LogP contribution in [0.15, 0.2) is 36.9 Å². The molecule has 1 N–H and O–H groups in total. The van der Waals surface area contributed by atoms with Gasteiger partial charge in [0.2, 0.25) is 10.0 Å². The molecule has 3 rings (SSSR count). The van der Waals surface area contributed by atoms with Gasteiger partial charge in [0.1, 0.15) is 12.0 Å². The number of carbonyl (C=O) groups is 1. The minimum Gasteiger partial charge on any atom is -0.493 e. The molecule has 23 heavy (non-hydrogen) atoms. The van der Waals surface area contributed by atoms with E-state index in [2.05, 4.69) is 4.98 Å². The Bertz CT molecular complexity index is 1020. The van der Waals surface area contributed by atoms with Crippen LogP contribution in [0, 0.1) is 0 Å². The first kappa shape index (κ1) is 15.1. The van der Waals surface area contributed by atoms with Crippen molar-refractivity contribution >= 4 is 27.0 Å². The minimum absolute atomic E-state index is 0.128. The SMILES string of the molecule is COc1cn(S(C)(=O)=O)cc1-n1cnc2cc(C(=O)O)ccc21. The number of hydrogen-bond donors (Lipinski definition) is 1. The molecule has 0 aliphatic heterocycles. The Morgan fingerprint density at radius 1 is 1.30 bits per heavy atom. The molecule has 3 aromatic rings. The summed E-state index contributed by atoms with van der Waals surface area (Å²) in [7, 11) is -2.01. The Balaban J connectivity index is 2.21. The molecule has 0 atom stereocenters. The lowest BCUT2D eigenvalue weighted by molar-refractivity contribution is 0.0697. The van der Waals surface area contributed by atoms with Crippen molar-refractivity contribution in [1.29, 1.82) is 0 Å². The van der Waals surface area contributed by atoms with Gasteiger partial charge in [0.15, 0.2) is 5.75 Å². The fraction of sp³-hybridized carbons (Fsp3) is 0.143. The largest absolute Gasteiger partial charge is 0.493 e. The van der Waals surface area contributed by atoms with Gasteiger partial charge in [0.05, 0.1) is 36.2 Å². The summed E-state index contributed by atoms with van der Waals surface area (Å²) in [6.45, 7) is 0. The number of carboxylic acids is 1. The van der Waals surface area contributed by atoms with Crippen molar-refractivity contribution in [1.82, 2.24) is 13.5 Å². The van der Waals surface area contributed by atoms with E-state index in [1.165, 1.54) is 38.0 Å². The average Bonchev–Trinajstić information content (AvgIpc) is 3.09. The Morgan fingerprint density at radius 3 is 2.65 bits per heavy atom. The summed E-state index contributed by atoms with van der Waals surface area (Å²) >= 11 is 0. The van der Waals surface area contributed by atoms with Gasteiger partial charge in [-0.05, 0) is 18.2 Å². The predicted octanol–water partition coefficient (Wildman–Crippen LogP) is 1.34. The third kappa shape index (κ3) is 2.55. The van der Waals surface area contributed by atoms with Gasteiger partial charge >= 0.3 is 5.97 Å². The molecular formula is C14H13N3O5S. The second-order valence-corrected chi connectivity index (χ2v) is 6.82. The molecule has 0 aliphatic rings. The predicted molar refractivity (Wildman–Crippen MR) is 82.8 cm³/mol. The molecule has 120 valence electrons. The standard InChI is InChI=1S/C14H13N3O5S/c1-22-13-7-16(23(2,20)21)6-12(13)17-8-15-10-5-9(14(18)19)3-4-11(10)17/h3-8H,1-2H3,(H,18,19). The third-order valence-corrected chi connectivity index (χ3v) is 4.38. The summed E-state index contributed by atoms with van der Waals surface area (Å²) in [6, 6.07) is 4.53. The van der Waals surface area contributed by atoms with Crippen LogP contribution in [0.5, 0.6) is 5.75 Å². The van der Waals surface area contributed by atoms with Gasteiger partial charge < -0.3 is 9.84 Å². The second kappa shape index (κ2) is 5.13. The smallest absolute Gasteiger partial charge is 0.335 e. The highest BCUT2D eigenvalue weighted by atomic mass is 32.2. The number of hydrogen-bond acceptors (Lipinski definition) is 5. The molecule has 0 radical (unpaired) electrons. The summed E-state index contributed by atoms with van der Waals surface area (Å²) in [5.74, 6) is -0.681. The number of aromatic carboxylic acids is 1. The Kier molecular flexibility index (Phi) is 3.37. The van der Waals surface area contributed by atoms with Crippen LogP contribution in [-0.4, -0.2) is 46.4 Å². The van der Waals surface area contributed by atoms with Crippen LogP contribution in [0.25, 0.3) is 16.7 Å². The van der Waals surface area contributed by atoms with Crippen LogP contribution in [-0.2, 0) is 10.0 Å². The van der Waals surface area contributed by atoms with Crippen LogP contribution in [0.4, 0.5) is 0 Å². The average molecular weight is 335 g/mol. The first-order chi connectivity index (χ1) is 10.8. The van der Waals surface area contributed by atoms with E-state index in [0.717, 1.165) is 10.2 Å². The van der Waals surface area contributed by atoms with E-state index in [9.17, 15) is 13.2 Å². The van der Waals surface area contributed by atoms with Crippen molar-refractivity contribution < 1.29 is 23.1 Å². The second-order valence-electron chi connectivity index (χ2n) is 4.93.